The molecule has 4 atom stereocenters. The number of ether oxygens (including phenoxy) is 1. The van der Waals surface area contributed by atoms with Gasteiger partial charge in [-0.25, -0.2) is 0 Å². The molecule has 2 heterocycles. The molecule has 1 amide bonds. The van der Waals surface area contributed by atoms with Gasteiger partial charge in [-0.1, -0.05) is 30.3 Å². The SMILES string of the molecule is CC1CN(CC2CCCN2C(=O)CCC(N)c2ccccc2)CC(C)O1. The zero-order valence-corrected chi connectivity index (χ0v) is 16.1. The molecule has 1 aromatic carbocycles. The summed E-state index contributed by atoms with van der Waals surface area (Å²) in [5.41, 5.74) is 7.37. The van der Waals surface area contributed by atoms with Crippen molar-refractivity contribution in [2.24, 2.45) is 5.73 Å². The number of amides is 1. The first-order chi connectivity index (χ1) is 12.5. The summed E-state index contributed by atoms with van der Waals surface area (Å²) in [6, 6.07) is 10.3. The Morgan fingerprint density at radius 1 is 1.23 bits per heavy atom. The van der Waals surface area contributed by atoms with Gasteiger partial charge in [0, 0.05) is 44.7 Å². The Labute approximate surface area is 157 Å². The zero-order valence-electron chi connectivity index (χ0n) is 16.1. The van der Waals surface area contributed by atoms with Gasteiger partial charge in [-0.15, -0.1) is 0 Å². The van der Waals surface area contributed by atoms with Gasteiger partial charge in [0.2, 0.25) is 5.91 Å². The molecule has 2 saturated heterocycles. The number of hydrogen-bond acceptors (Lipinski definition) is 4. The molecule has 0 radical (unpaired) electrons. The lowest BCUT2D eigenvalue weighted by Gasteiger charge is -2.38. The first kappa shape index (κ1) is 19.3. The number of likely N-dealkylation sites (tertiary alicyclic amines) is 1. The molecule has 0 aromatic heterocycles. The van der Waals surface area contributed by atoms with Crippen molar-refractivity contribution in [1.29, 1.82) is 0 Å². The van der Waals surface area contributed by atoms with E-state index in [2.05, 4.69) is 23.6 Å². The highest BCUT2D eigenvalue weighted by Gasteiger charge is 2.32. The molecule has 2 aliphatic rings. The third kappa shape index (κ3) is 5.06. The highest BCUT2D eigenvalue weighted by atomic mass is 16.5. The van der Waals surface area contributed by atoms with Crippen LogP contribution in [0.25, 0.3) is 0 Å². The van der Waals surface area contributed by atoms with Crippen molar-refractivity contribution in [2.45, 2.75) is 63.8 Å². The third-order valence-electron chi connectivity index (χ3n) is 5.56. The Morgan fingerprint density at radius 3 is 2.62 bits per heavy atom. The van der Waals surface area contributed by atoms with E-state index in [4.69, 9.17) is 10.5 Å². The number of benzene rings is 1. The summed E-state index contributed by atoms with van der Waals surface area (Å²) in [5.74, 6) is 0.258. The Bertz CT molecular complexity index is 570. The molecule has 5 nitrogen and oxygen atoms in total. The summed E-state index contributed by atoms with van der Waals surface area (Å²) in [5, 5.41) is 0. The number of nitrogens with two attached hydrogens (primary N) is 1. The van der Waals surface area contributed by atoms with Gasteiger partial charge in [0.15, 0.2) is 0 Å². The van der Waals surface area contributed by atoms with Gasteiger partial charge in [0.25, 0.3) is 0 Å². The lowest BCUT2D eigenvalue weighted by Crippen LogP contribution is -2.50. The van der Waals surface area contributed by atoms with E-state index in [1.54, 1.807) is 0 Å². The van der Waals surface area contributed by atoms with Crippen LogP contribution in [0.5, 0.6) is 0 Å². The normalized spacial score (nSPS) is 28.3. The number of morpholine rings is 1. The Kier molecular flexibility index (Phi) is 6.68. The van der Waals surface area contributed by atoms with Crippen LogP contribution in [-0.4, -0.2) is 60.1 Å². The molecule has 1 aromatic rings. The monoisotopic (exact) mass is 359 g/mol. The van der Waals surface area contributed by atoms with E-state index < -0.39 is 0 Å². The molecule has 144 valence electrons. The lowest BCUT2D eigenvalue weighted by atomic mass is 10.0. The van der Waals surface area contributed by atoms with Crippen molar-refractivity contribution in [1.82, 2.24) is 9.80 Å². The van der Waals surface area contributed by atoms with Crippen LogP contribution in [-0.2, 0) is 9.53 Å². The van der Waals surface area contributed by atoms with E-state index in [-0.39, 0.29) is 24.2 Å². The van der Waals surface area contributed by atoms with Gasteiger partial charge in [0.1, 0.15) is 0 Å². The molecule has 3 rings (SSSR count). The van der Waals surface area contributed by atoms with Crippen LogP contribution in [0.4, 0.5) is 0 Å². The molecule has 4 unspecified atom stereocenters. The van der Waals surface area contributed by atoms with Crippen LogP contribution >= 0.6 is 0 Å². The average molecular weight is 360 g/mol. The van der Waals surface area contributed by atoms with Crippen molar-refractivity contribution < 1.29 is 9.53 Å². The second-order valence-electron chi connectivity index (χ2n) is 7.91. The average Bonchev–Trinajstić information content (AvgIpc) is 3.07. The number of carbonyl (C=O) groups excluding carboxylic acids is 1. The van der Waals surface area contributed by atoms with Crippen molar-refractivity contribution in [3.05, 3.63) is 35.9 Å². The van der Waals surface area contributed by atoms with E-state index in [0.29, 0.717) is 18.9 Å². The standard InChI is InChI=1S/C21H33N3O2/c1-16-13-23(14-17(2)26-16)15-19-9-6-12-24(19)21(25)11-10-20(22)18-7-4-3-5-8-18/h3-5,7-8,16-17,19-20H,6,9-15,22H2,1-2H3. The lowest BCUT2D eigenvalue weighted by molar-refractivity contribution is -0.133. The van der Waals surface area contributed by atoms with Crippen LogP contribution in [0.1, 0.15) is 51.1 Å². The summed E-state index contributed by atoms with van der Waals surface area (Å²) in [6.45, 7) is 8.04. The van der Waals surface area contributed by atoms with Gasteiger partial charge in [-0.05, 0) is 38.7 Å². The number of carbonyl (C=O) groups is 1. The van der Waals surface area contributed by atoms with Crippen molar-refractivity contribution in [3.8, 4) is 0 Å². The summed E-state index contributed by atoms with van der Waals surface area (Å²) < 4.78 is 5.83. The minimum absolute atomic E-state index is 0.0675. The molecule has 2 N–H and O–H groups in total. The van der Waals surface area contributed by atoms with E-state index >= 15 is 0 Å². The summed E-state index contributed by atoms with van der Waals surface area (Å²) in [6.07, 6.45) is 3.99. The van der Waals surface area contributed by atoms with Crippen LogP contribution in [0, 0.1) is 0 Å². The summed E-state index contributed by atoms with van der Waals surface area (Å²) >= 11 is 0. The molecule has 26 heavy (non-hydrogen) atoms. The van der Waals surface area contributed by atoms with Crippen LogP contribution < -0.4 is 5.73 Å². The van der Waals surface area contributed by atoms with Gasteiger partial charge in [-0.3, -0.25) is 9.69 Å². The third-order valence-corrected chi connectivity index (χ3v) is 5.56. The summed E-state index contributed by atoms with van der Waals surface area (Å²) in [7, 11) is 0. The fourth-order valence-corrected chi connectivity index (χ4v) is 4.37. The van der Waals surface area contributed by atoms with Gasteiger partial charge in [-0.2, -0.15) is 0 Å². The molecule has 0 saturated carbocycles. The van der Waals surface area contributed by atoms with Crippen molar-refractivity contribution in [2.75, 3.05) is 26.2 Å². The topological polar surface area (TPSA) is 58.8 Å². The largest absolute Gasteiger partial charge is 0.373 e. The molecular formula is C21H33N3O2. The molecule has 2 fully saturated rings. The zero-order chi connectivity index (χ0) is 18.5. The molecule has 5 heteroatoms. The van der Waals surface area contributed by atoms with Gasteiger partial charge < -0.3 is 15.4 Å². The summed E-state index contributed by atoms with van der Waals surface area (Å²) in [4.78, 5) is 17.4. The molecule has 0 bridgehead atoms. The second kappa shape index (κ2) is 8.98. The smallest absolute Gasteiger partial charge is 0.222 e. The van der Waals surface area contributed by atoms with E-state index in [1.165, 1.54) is 0 Å². The molecular weight excluding hydrogens is 326 g/mol. The van der Waals surface area contributed by atoms with E-state index in [1.807, 2.05) is 30.3 Å². The van der Waals surface area contributed by atoms with Crippen LogP contribution in [0.3, 0.4) is 0 Å². The van der Waals surface area contributed by atoms with Crippen LogP contribution in [0.15, 0.2) is 30.3 Å². The molecule has 2 aliphatic heterocycles. The molecule has 0 spiro atoms. The highest BCUT2D eigenvalue weighted by Crippen LogP contribution is 2.23. The molecule has 0 aliphatic carbocycles. The maximum absolute atomic E-state index is 12.8. The van der Waals surface area contributed by atoms with Crippen molar-refractivity contribution >= 4 is 5.91 Å². The maximum atomic E-state index is 12.8. The minimum atomic E-state index is -0.0675. The second-order valence-corrected chi connectivity index (χ2v) is 7.91. The predicted molar refractivity (Wildman–Crippen MR) is 104 cm³/mol. The van der Waals surface area contributed by atoms with Gasteiger partial charge >= 0.3 is 0 Å². The van der Waals surface area contributed by atoms with Crippen LogP contribution in [0.2, 0.25) is 0 Å². The Balaban J connectivity index is 1.50. The first-order valence-electron chi connectivity index (χ1n) is 10.0. The van der Waals surface area contributed by atoms with Gasteiger partial charge in [0.05, 0.1) is 12.2 Å². The number of hydrogen-bond donors (Lipinski definition) is 1. The maximum Gasteiger partial charge on any atom is 0.222 e. The fourth-order valence-electron chi connectivity index (χ4n) is 4.37. The van der Waals surface area contributed by atoms with E-state index in [9.17, 15) is 4.79 Å². The Morgan fingerprint density at radius 2 is 1.92 bits per heavy atom. The fraction of sp³-hybridized carbons (Fsp3) is 0.667. The van der Waals surface area contributed by atoms with Crippen molar-refractivity contribution in [3.63, 3.8) is 0 Å². The number of nitrogens with zero attached hydrogens (tertiary/aromatic N) is 2. The number of rotatable bonds is 6. The quantitative estimate of drug-likeness (QED) is 0.848. The Hall–Kier alpha value is -1.43. The predicted octanol–water partition coefficient (Wildman–Crippen LogP) is 2.57. The van der Waals surface area contributed by atoms with E-state index in [0.717, 1.165) is 44.6 Å². The highest BCUT2D eigenvalue weighted by molar-refractivity contribution is 5.76. The minimum Gasteiger partial charge on any atom is -0.373 e. The first-order valence-corrected chi connectivity index (χ1v) is 10.0.